The highest BCUT2D eigenvalue weighted by Crippen LogP contribution is 2.22. The number of hydrogen-bond donors (Lipinski definition) is 5. The lowest BCUT2D eigenvalue weighted by Crippen LogP contribution is -2.16. The zero-order valence-electron chi connectivity index (χ0n) is 9.08. The summed E-state index contributed by atoms with van der Waals surface area (Å²) in [5.74, 6) is -4.85. The number of carboxylic acid groups (broad SMARTS) is 4. The molecule has 0 bridgehead atoms. The topological polar surface area (TPSA) is 161 Å². The van der Waals surface area contributed by atoms with Gasteiger partial charge in [0.2, 0.25) is 0 Å². The summed E-state index contributed by atoms with van der Waals surface area (Å²) in [6, 6.07) is 1.22. The lowest BCUT2D eigenvalue weighted by atomic mass is 10.0. The van der Waals surface area contributed by atoms with Crippen LogP contribution >= 0.6 is 0 Å². The van der Waals surface area contributed by atoms with Gasteiger partial charge in [0.05, 0.1) is 22.4 Å². The van der Waals surface area contributed by atoms with Crippen LogP contribution in [-0.2, 0) is 0 Å². The van der Waals surface area contributed by atoms with E-state index >= 15 is 0 Å². The fourth-order valence-corrected chi connectivity index (χ4v) is 1.35. The van der Waals surface area contributed by atoms with E-state index in [0.29, 0.717) is 12.1 Å². The Morgan fingerprint density at radius 1 is 0.737 bits per heavy atom. The molecule has 19 heavy (non-hydrogen) atoms. The van der Waals surface area contributed by atoms with Crippen molar-refractivity contribution in [3.05, 3.63) is 28.8 Å². The number of amides is 1. The van der Waals surface area contributed by atoms with E-state index in [1.165, 1.54) is 0 Å². The van der Waals surface area contributed by atoms with Gasteiger partial charge in [-0.1, -0.05) is 0 Å². The number of anilines is 1. The number of aromatic carboxylic acids is 3. The fraction of sp³-hybridized carbons (Fsp3) is 0. The van der Waals surface area contributed by atoms with Crippen molar-refractivity contribution in [1.82, 2.24) is 0 Å². The molecule has 0 aliphatic carbocycles. The van der Waals surface area contributed by atoms with Crippen LogP contribution in [-0.4, -0.2) is 44.4 Å². The predicted molar refractivity (Wildman–Crippen MR) is 59.0 cm³/mol. The summed E-state index contributed by atoms with van der Waals surface area (Å²) in [6.45, 7) is 0. The van der Waals surface area contributed by atoms with Gasteiger partial charge in [0.1, 0.15) is 0 Å². The summed E-state index contributed by atoms with van der Waals surface area (Å²) in [5.41, 5.74) is -2.66. The second-order valence-corrected chi connectivity index (χ2v) is 3.29. The molecule has 9 nitrogen and oxygen atoms in total. The van der Waals surface area contributed by atoms with Crippen molar-refractivity contribution < 1.29 is 39.6 Å². The van der Waals surface area contributed by atoms with Crippen molar-refractivity contribution in [2.75, 3.05) is 5.32 Å². The second-order valence-electron chi connectivity index (χ2n) is 3.29. The molecule has 0 unspecified atom stereocenters. The summed E-state index contributed by atoms with van der Waals surface area (Å²) >= 11 is 0. The van der Waals surface area contributed by atoms with Gasteiger partial charge >= 0.3 is 24.0 Å². The molecule has 5 N–H and O–H groups in total. The van der Waals surface area contributed by atoms with Crippen LogP contribution in [0.5, 0.6) is 0 Å². The molecule has 0 saturated heterocycles. The minimum absolute atomic E-state index is 0.526. The molecule has 1 rings (SSSR count). The lowest BCUT2D eigenvalue weighted by Gasteiger charge is -2.09. The summed E-state index contributed by atoms with van der Waals surface area (Å²) in [4.78, 5) is 43.1. The first-order chi connectivity index (χ1) is 8.73. The average Bonchev–Trinajstić information content (AvgIpc) is 2.26. The zero-order valence-corrected chi connectivity index (χ0v) is 9.08. The Bertz CT molecular complexity index is 591. The normalized spacial score (nSPS) is 9.68. The number of benzene rings is 1. The Kier molecular flexibility index (Phi) is 3.70. The fourth-order valence-electron chi connectivity index (χ4n) is 1.35. The molecule has 0 heterocycles. The van der Waals surface area contributed by atoms with Gasteiger partial charge in [-0.25, -0.2) is 19.2 Å². The molecular formula is C10H7NO8. The Balaban J connectivity index is 3.59. The van der Waals surface area contributed by atoms with Crippen LogP contribution in [0.15, 0.2) is 12.1 Å². The molecule has 0 spiro atoms. The standard InChI is InChI=1S/C10H7NO8/c12-7(13)3-1-5(9(16)17)6(11-10(18)19)2-4(3)8(14)15/h1-2,11H,(H,12,13)(H,14,15)(H,16,17)(H,18,19). The van der Waals surface area contributed by atoms with Gasteiger partial charge in [-0.3, -0.25) is 5.32 Å². The maximum absolute atomic E-state index is 10.9. The van der Waals surface area contributed by atoms with Crippen molar-refractivity contribution in [1.29, 1.82) is 0 Å². The van der Waals surface area contributed by atoms with Gasteiger partial charge in [-0.05, 0) is 12.1 Å². The van der Waals surface area contributed by atoms with E-state index in [-0.39, 0.29) is 0 Å². The van der Waals surface area contributed by atoms with Crippen LogP contribution in [0.25, 0.3) is 0 Å². The Morgan fingerprint density at radius 2 is 1.16 bits per heavy atom. The van der Waals surface area contributed by atoms with Crippen molar-refractivity contribution >= 4 is 29.7 Å². The quantitative estimate of drug-likeness (QED) is 0.537. The molecule has 100 valence electrons. The summed E-state index contributed by atoms with van der Waals surface area (Å²) < 4.78 is 0. The summed E-state index contributed by atoms with van der Waals surface area (Å²) in [7, 11) is 0. The van der Waals surface area contributed by atoms with E-state index < -0.39 is 46.4 Å². The Hall–Kier alpha value is -3.10. The van der Waals surface area contributed by atoms with Crippen LogP contribution in [0, 0.1) is 0 Å². The van der Waals surface area contributed by atoms with Crippen LogP contribution in [0.4, 0.5) is 10.5 Å². The maximum Gasteiger partial charge on any atom is 0.409 e. The van der Waals surface area contributed by atoms with Crippen LogP contribution in [0.2, 0.25) is 0 Å². The third-order valence-corrected chi connectivity index (χ3v) is 2.09. The van der Waals surface area contributed by atoms with E-state index in [1.54, 1.807) is 5.32 Å². The molecule has 0 aromatic heterocycles. The molecule has 0 radical (unpaired) electrons. The minimum Gasteiger partial charge on any atom is -0.478 e. The number of nitrogens with one attached hydrogen (secondary N) is 1. The van der Waals surface area contributed by atoms with Gasteiger partial charge in [-0.15, -0.1) is 0 Å². The molecule has 0 aliphatic rings. The highest BCUT2D eigenvalue weighted by molar-refractivity contribution is 6.07. The smallest absolute Gasteiger partial charge is 0.409 e. The first kappa shape index (κ1) is 14.0. The van der Waals surface area contributed by atoms with Gasteiger partial charge in [0, 0.05) is 0 Å². The van der Waals surface area contributed by atoms with E-state index in [4.69, 9.17) is 20.4 Å². The largest absolute Gasteiger partial charge is 0.478 e. The lowest BCUT2D eigenvalue weighted by molar-refractivity contribution is 0.0649. The molecule has 1 aromatic carbocycles. The SMILES string of the molecule is O=C(O)Nc1cc(C(=O)O)c(C(=O)O)cc1C(=O)O. The third-order valence-electron chi connectivity index (χ3n) is 2.09. The first-order valence-electron chi connectivity index (χ1n) is 4.62. The highest BCUT2D eigenvalue weighted by Gasteiger charge is 2.23. The van der Waals surface area contributed by atoms with Gasteiger partial charge in [0.15, 0.2) is 0 Å². The number of hydrogen-bond acceptors (Lipinski definition) is 4. The summed E-state index contributed by atoms with van der Waals surface area (Å²) in [5, 5.41) is 36.7. The highest BCUT2D eigenvalue weighted by atomic mass is 16.4. The van der Waals surface area contributed by atoms with E-state index in [9.17, 15) is 19.2 Å². The van der Waals surface area contributed by atoms with Gasteiger partial charge in [0.25, 0.3) is 0 Å². The van der Waals surface area contributed by atoms with Gasteiger partial charge in [-0.2, -0.15) is 0 Å². The zero-order chi connectivity index (χ0) is 14.7. The van der Waals surface area contributed by atoms with E-state index in [2.05, 4.69) is 0 Å². The van der Waals surface area contributed by atoms with Crippen molar-refractivity contribution in [2.24, 2.45) is 0 Å². The number of carbonyl (C=O) groups is 4. The molecule has 9 heteroatoms. The molecule has 0 aliphatic heterocycles. The second kappa shape index (κ2) is 5.04. The van der Waals surface area contributed by atoms with Crippen molar-refractivity contribution in [2.45, 2.75) is 0 Å². The molecule has 1 aromatic rings. The van der Waals surface area contributed by atoms with Crippen LogP contribution in [0.1, 0.15) is 31.1 Å². The number of rotatable bonds is 4. The third kappa shape index (κ3) is 2.97. The van der Waals surface area contributed by atoms with Gasteiger partial charge < -0.3 is 20.4 Å². The molecule has 0 atom stereocenters. The molecule has 1 amide bonds. The molecule has 0 fully saturated rings. The minimum atomic E-state index is -1.64. The Labute approximate surface area is 104 Å². The average molecular weight is 269 g/mol. The monoisotopic (exact) mass is 269 g/mol. The number of carboxylic acids is 3. The maximum atomic E-state index is 10.9. The Morgan fingerprint density at radius 3 is 1.53 bits per heavy atom. The van der Waals surface area contributed by atoms with Crippen molar-refractivity contribution in [3.8, 4) is 0 Å². The predicted octanol–water partition coefficient (Wildman–Crippen LogP) is 0.871. The van der Waals surface area contributed by atoms with E-state index in [0.717, 1.165) is 0 Å². The summed E-state index contributed by atoms with van der Waals surface area (Å²) in [6.07, 6.45) is -1.61. The first-order valence-corrected chi connectivity index (χ1v) is 4.62. The van der Waals surface area contributed by atoms with E-state index in [1.807, 2.05) is 0 Å². The van der Waals surface area contributed by atoms with Crippen molar-refractivity contribution in [3.63, 3.8) is 0 Å². The van der Waals surface area contributed by atoms with Crippen LogP contribution in [0.3, 0.4) is 0 Å². The molecule has 0 saturated carbocycles. The van der Waals surface area contributed by atoms with Crippen LogP contribution < -0.4 is 5.32 Å². The molecular weight excluding hydrogens is 262 g/mol.